The van der Waals surface area contributed by atoms with Gasteiger partial charge in [0.2, 0.25) is 0 Å². The second-order valence-corrected chi connectivity index (χ2v) is 4.62. The number of fused-ring (bicyclic) bond motifs is 1. The molecule has 1 aliphatic rings. The van der Waals surface area contributed by atoms with Gasteiger partial charge in [0.1, 0.15) is 11.6 Å². The number of hydrogen-bond donors (Lipinski definition) is 1. The zero-order valence-corrected chi connectivity index (χ0v) is 9.74. The second-order valence-electron chi connectivity index (χ2n) is 4.62. The van der Waals surface area contributed by atoms with E-state index in [-0.39, 0.29) is 6.04 Å². The third-order valence-electron chi connectivity index (χ3n) is 3.32. The highest BCUT2D eigenvalue weighted by molar-refractivity contribution is 5.63. The van der Waals surface area contributed by atoms with E-state index in [1.54, 1.807) is 6.33 Å². The van der Waals surface area contributed by atoms with Gasteiger partial charge in [-0.3, -0.25) is 0 Å². The summed E-state index contributed by atoms with van der Waals surface area (Å²) in [5, 5.41) is 0. The number of imidazole rings is 1. The van der Waals surface area contributed by atoms with Crippen LogP contribution in [0.5, 0.6) is 0 Å². The molecule has 0 radical (unpaired) electrons. The van der Waals surface area contributed by atoms with Gasteiger partial charge in [-0.25, -0.2) is 13.8 Å². The molecule has 0 amide bonds. The lowest BCUT2D eigenvalue weighted by atomic mass is 10.0. The van der Waals surface area contributed by atoms with Crippen LogP contribution in [0.15, 0.2) is 24.5 Å². The summed E-state index contributed by atoms with van der Waals surface area (Å²) < 4.78 is 28.6. The maximum atomic E-state index is 13.7. The number of hydrogen-bond acceptors (Lipinski definition) is 2. The van der Waals surface area contributed by atoms with Gasteiger partial charge in [-0.15, -0.1) is 0 Å². The van der Waals surface area contributed by atoms with Gasteiger partial charge in [-0.1, -0.05) is 0 Å². The molecule has 1 aromatic heterocycles. The molecule has 1 aliphatic heterocycles. The Kier molecular flexibility index (Phi) is 2.63. The number of benzene rings is 1. The van der Waals surface area contributed by atoms with E-state index in [1.807, 2.05) is 4.57 Å². The highest BCUT2D eigenvalue weighted by atomic mass is 19.1. The van der Waals surface area contributed by atoms with Gasteiger partial charge in [0, 0.05) is 29.9 Å². The molecule has 3 rings (SSSR count). The predicted octanol–water partition coefficient (Wildman–Crippen LogP) is 2.10. The quantitative estimate of drug-likeness (QED) is 0.841. The lowest BCUT2D eigenvalue weighted by molar-refractivity contribution is 0.461. The molecule has 1 aromatic carbocycles. The van der Waals surface area contributed by atoms with Crippen molar-refractivity contribution in [3.8, 4) is 11.3 Å². The normalized spacial score (nSPS) is 18.7. The molecule has 0 bridgehead atoms. The molecular formula is C13H13F2N3. The molecule has 0 saturated heterocycles. The lowest BCUT2D eigenvalue weighted by Crippen LogP contribution is -2.31. The molecule has 0 spiro atoms. The molecule has 5 heteroatoms. The molecule has 0 fully saturated rings. The van der Waals surface area contributed by atoms with Gasteiger partial charge in [0.05, 0.1) is 12.0 Å². The molecule has 2 N–H and O–H groups in total. The first-order valence-corrected chi connectivity index (χ1v) is 5.90. The van der Waals surface area contributed by atoms with Crippen LogP contribution in [0.2, 0.25) is 0 Å². The van der Waals surface area contributed by atoms with E-state index >= 15 is 0 Å². The van der Waals surface area contributed by atoms with Crippen LogP contribution in [0.25, 0.3) is 11.3 Å². The average Bonchev–Trinajstić information content (AvgIpc) is 2.72. The maximum Gasteiger partial charge on any atom is 0.135 e. The van der Waals surface area contributed by atoms with Crippen molar-refractivity contribution in [2.24, 2.45) is 5.73 Å². The Labute approximate surface area is 103 Å². The minimum atomic E-state index is -0.577. The monoisotopic (exact) mass is 249 g/mol. The summed E-state index contributed by atoms with van der Waals surface area (Å²) >= 11 is 0. The van der Waals surface area contributed by atoms with E-state index in [2.05, 4.69) is 4.98 Å². The summed E-state index contributed by atoms with van der Waals surface area (Å²) in [6.07, 6.45) is 3.31. The Bertz CT molecular complexity index is 592. The first-order chi connectivity index (χ1) is 8.65. The first kappa shape index (κ1) is 11.3. The molecule has 2 heterocycles. The molecule has 1 unspecified atom stereocenters. The van der Waals surface area contributed by atoms with Crippen molar-refractivity contribution in [1.82, 2.24) is 9.55 Å². The summed E-state index contributed by atoms with van der Waals surface area (Å²) in [6, 6.07) is 3.69. The fourth-order valence-electron chi connectivity index (χ4n) is 2.40. The fourth-order valence-corrected chi connectivity index (χ4v) is 2.40. The smallest absolute Gasteiger partial charge is 0.135 e. The standard InChI is InChI=1S/C13H13F2N3/c14-8-1-3-10(11(15)5-8)13-12-4-2-9(16)6-18(12)7-17-13/h1,3,5,7,9H,2,4,6,16H2. The Balaban J connectivity index is 2.08. The highest BCUT2D eigenvalue weighted by Gasteiger charge is 2.21. The molecule has 2 aromatic rings. The van der Waals surface area contributed by atoms with Gasteiger partial charge < -0.3 is 10.3 Å². The van der Waals surface area contributed by atoms with Crippen molar-refractivity contribution < 1.29 is 8.78 Å². The van der Waals surface area contributed by atoms with Gasteiger partial charge >= 0.3 is 0 Å². The molecule has 94 valence electrons. The van der Waals surface area contributed by atoms with Crippen LogP contribution in [0, 0.1) is 11.6 Å². The van der Waals surface area contributed by atoms with Crippen molar-refractivity contribution in [2.45, 2.75) is 25.4 Å². The Morgan fingerprint density at radius 2 is 2.17 bits per heavy atom. The summed E-state index contributed by atoms with van der Waals surface area (Å²) in [4.78, 5) is 4.24. The van der Waals surface area contributed by atoms with E-state index in [0.29, 0.717) is 17.8 Å². The zero-order chi connectivity index (χ0) is 12.7. The molecule has 3 nitrogen and oxygen atoms in total. The van der Waals surface area contributed by atoms with Gasteiger partial charge in [-0.05, 0) is 25.0 Å². The van der Waals surface area contributed by atoms with Crippen LogP contribution in [-0.4, -0.2) is 15.6 Å². The molecule has 0 saturated carbocycles. The topological polar surface area (TPSA) is 43.8 Å². The van der Waals surface area contributed by atoms with Crippen molar-refractivity contribution in [3.63, 3.8) is 0 Å². The predicted molar refractivity (Wildman–Crippen MR) is 63.9 cm³/mol. The maximum absolute atomic E-state index is 13.7. The van der Waals surface area contributed by atoms with Crippen LogP contribution in [0.1, 0.15) is 12.1 Å². The second kappa shape index (κ2) is 4.17. The Hall–Kier alpha value is -1.75. The molecular weight excluding hydrogens is 236 g/mol. The number of nitrogens with zero attached hydrogens (tertiary/aromatic N) is 2. The van der Waals surface area contributed by atoms with Gasteiger partial charge in [0.15, 0.2) is 0 Å². The van der Waals surface area contributed by atoms with E-state index in [4.69, 9.17) is 5.73 Å². The van der Waals surface area contributed by atoms with Crippen molar-refractivity contribution >= 4 is 0 Å². The van der Waals surface area contributed by atoms with Gasteiger partial charge in [0.25, 0.3) is 0 Å². The first-order valence-electron chi connectivity index (χ1n) is 5.90. The average molecular weight is 249 g/mol. The van der Waals surface area contributed by atoms with Crippen molar-refractivity contribution in [2.75, 3.05) is 0 Å². The van der Waals surface area contributed by atoms with Crippen LogP contribution in [0.4, 0.5) is 8.78 Å². The van der Waals surface area contributed by atoms with E-state index in [0.717, 1.165) is 24.6 Å². The van der Waals surface area contributed by atoms with Crippen LogP contribution in [0.3, 0.4) is 0 Å². The SMILES string of the molecule is NC1CCc2c(-c3ccc(F)cc3F)ncn2C1. The third-order valence-corrected chi connectivity index (χ3v) is 3.32. The van der Waals surface area contributed by atoms with E-state index in [9.17, 15) is 8.78 Å². The lowest BCUT2D eigenvalue weighted by Gasteiger charge is -2.21. The minimum Gasteiger partial charge on any atom is -0.332 e. The van der Waals surface area contributed by atoms with Crippen molar-refractivity contribution in [1.29, 1.82) is 0 Å². The molecule has 0 aliphatic carbocycles. The largest absolute Gasteiger partial charge is 0.332 e. The van der Waals surface area contributed by atoms with E-state index < -0.39 is 11.6 Å². The summed E-state index contributed by atoms with van der Waals surface area (Å²) in [7, 11) is 0. The van der Waals surface area contributed by atoms with Crippen LogP contribution < -0.4 is 5.73 Å². The summed E-state index contributed by atoms with van der Waals surface area (Å²) in [6.45, 7) is 0.700. The molecule has 18 heavy (non-hydrogen) atoms. The van der Waals surface area contributed by atoms with Crippen LogP contribution >= 0.6 is 0 Å². The highest BCUT2D eigenvalue weighted by Crippen LogP contribution is 2.28. The van der Waals surface area contributed by atoms with E-state index in [1.165, 1.54) is 12.1 Å². The summed E-state index contributed by atoms with van der Waals surface area (Å²) in [5.41, 5.74) is 7.79. The summed E-state index contributed by atoms with van der Waals surface area (Å²) in [5.74, 6) is -1.15. The molecule has 1 atom stereocenters. The number of halogens is 2. The fraction of sp³-hybridized carbons (Fsp3) is 0.308. The Morgan fingerprint density at radius 1 is 1.33 bits per heavy atom. The van der Waals surface area contributed by atoms with Crippen LogP contribution in [-0.2, 0) is 13.0 Å². The minimum absolute atomic E-state index is 0.123. The van der Waals surface area contributed by atoms with Gasteiger partial charge in [-0.2, -0.15) is 0 Å². The zero-order valence-electron chi connectivity index (χ0n) is 9.74. The number of aromatic nitrogens is 2. The van der Waals surface area contributed by atoms with Crippen molar-refractivity contribution in [3.05, 3.63) is 41.9 Å². The number of rotatable bonds is 1. The number of nitrogens with two attached hydrogens (primary N) is 1. The third kappa shape index (κ3) is 1.80. The Morgan fingerprint density at radius 3 is 2.94 bits per heavy atom.